The average Bonchev–Trinajstić information content (AvgIpc) is 2.55. The fraction of sp³-hybridized carbons (Fsp3) is 0.667. The number of benzene rings is 1. The molecule has 0 aliphatic heterocycles. The van der Waals surface area contributed by atoms with Crippen LogP contribution in [0.3, 0.4) is 0 Å². The van der Waals surface area contributed by atoms with E-state index in [0.29, 0.717) is 24.4 Å². The summed E-state index contributed by atoms with van der Waals surface area (Å²) in [5.74, 6) is -9.11. The van der Waals surface area contributed by atoms with Crippen molar-refractivity contribution >= 4 is 5.69 Å². The van der Waals surface area contributed by atoms with E-state index in [4.69, 9.17) is 0 Å². The first-order valence-corrected chi connectivity index (χ1v) is 8.71. The SMILES string of the molecule is CCCCCC[NH+](CC(C)CCC)c1c(F)c(F)c(F)c(F)c1F. The summed E-state index contributed by atoms with van der Waals surface area (Å²) >= 11 is 0. The van der Waals surface area contributed by atoms with Crippen LogP contribution in [-0.4, -0.2) is 13.1 Å². The lowest BCUT2D eigenvalue weighted by Gasteiger charge is -2.23. The molecule has 24 heavy (non-hydrogen) atoms. The molecule has 1 N–H and O–H groups in total. The van der Waals surface area contributed by atoms with Crippen LogP contribution in [0.1, 0.15) is 59.3 Å². The molecule has 0 aromatic heterocycles. The minimum Gasteiger partial charge on any atom is -0.297 e. The Morgan fingerprint density at radius 2 is 1.29 bits per heavy atom. The lowest BCUT2D eigenvalue weighted by Crippen LogP contribution is -3.08. The maximum Gasteiger partial charge on any atom is 0.225 e. The number of quaternary nitrogens is 1. The number of halogens is 5. The molecule has 6 heteroatoms. The molecule has 1 aromatic carbocycles. The van der Waals surface area contributed by atoms with Crippen molar-refractivity contribution in [1.82, 2.24) is 0 Å². The molecule has 0 heterocycles. The Balaban J connectivity index is 3.13. The molecule has 0 spiro atoms. The van der Waals surface area contributed by atoms with E-state index in [1.807, 2.05) is 20.8 Å². The molecule has 0 aliphatic rings. The first-order chi connectivity index (χ1) is 11.3. The molecular weight excluding hydrogens is 325 g/mol. The van der Waals surface area contributed by atoms with Crippen molar-refractivity contribution < 1.29 is 26.9 Å². The van der Waals surface area contributed by atoms with Crippen molar-refractivity contribution in [3.63, 3.8) is 0 Å². The highest BCUT2D eigenvalue weighted by atomic mass is 19.2. The fourth-order valence-electron chi connectivity index (χ4n) is 3.03. The maximum atomic E-state index is 14.1. The molecule has 0 saturated carbocycles. The highest BCUT2D eigenvalue weighted by Crippen LogP contribution is 2.24. The lowest BCUT2D eigenvalue weighted by atomic mass is 10.0. The van der Waals surface area contributed by atoms with Crippen molar-refractivity contribution in [2.75, 3.05) is 13.1 Å². The summed E-state index contributed by atoms with van der Waals surface area (Å²) in [6.45, 7) is 6.67. The van der Waals surface area contributed by atoms with E-state index in [1.54, 1.807) is 0 Å². The van der Waals surface area contributed by atoms with E-state index in [0.717, 1.165) is 32.1 Å². The van der Waals surface area contributed by atoms with Crippen LogP contribution in [0.2, 0.25) is 0 Å². The summed E-state index contributed by atoms with van der Waals surface area (Å²) in [5.41, 5.74) is -0.717. The monoisotopic (exact) mass is 352 g/mol. The smallest absolute Gasteiger partial charge is 0.225 e. The average molecular weight is 352 g/mol. The third kappa shape index (κ3) is 5.16. The summed E-state index contributed by atoms with van der Waals surface area (Å²) in [5, 5.41) is 0. The molecule has 0 saturated heterocycles. The van der Waals surface area contributed by atoms with Gasteiger partial charge in [-0.15, -0.1) is 0 Å². The third-order valence-corrected chi connectivity index (χ3v) is 4.27. The first-order valence-electron chi connectivity index (χ1n) is 8.71. The van der Waals surface area contributed by atoms with Gasteiger partial charge in [-0.2, -0.15) is 8.78 Å². The third-order valence-electron chi connectivity index (χ3n) is 4.27. The van der Waals surface area contributed by atoms with Crippen LogP contribution in [0.4, 0.5) is 27.6 Å². The summed E-state index contributed by atoms with van der Waals surface area (Å²) < 4.78 is 68.5. The Labute approximate surface area is 140 Å². The molecule has 0 fully saturated rings. The van der Waals surface area contributed by atoms with Gasteiger partial charge in [0.2, 0.25) is 34.8 Å². The van der Waals surface area contributed by atoms with Crippen molar-refractivity contribution in [3.05, 3.63) is 29.1 Å². The van der Waals surface area contributed by atoms with E-state index >= 15 is 0 Å². The molecule has 0 radical (unpaired) electrons. The molecule has 1 nitrogen and oxygen atoms in total. The Morgan fingerprint density at radius 1 is 0.750 bits per heavy atom. The van der Waals surface area contributed by atoms with Gasteiger partial charge in [-0.25, -0.2) is 13.2 Å². The second kappa shape index (κ2) is 9.97. The summed E-state index contributed by atoms with van der Waals surface area (Å²) in [6.07, 6.45) is 5.29. The Hall–Kier alpha value is -1.17. The highest BCUT2D eigenvalue weighted by molar-refractivity contribution is 5.35. The first kappa shape index (κ1) is 20.9. The minimum absolute atomic E-state index is 0.131. The number of rotatable bonds is 10. The summed E-state index contributed by atoms with van der Waals surface area (Å²) in [4.78, 5) is 0.333. The minimum atomic E-state index is -2.10. The number of nitrogens with one attached hydrogen (secondary N) is 1. The van der Waals surface area contributed by atoms with Crippen LogP contribution in [0, 0.1) is 35.0 Å². The summed E-state index contributed by atoms with van der Waals surface area (Å²) in [7, 11) is 0. The zero-order valence-corrected chi connectivity index (χ0v) is 14.6. The quantitative estimate of drug-likeness (QED) is 0.264. The predicted octanol–water partition coefficient (Wildman–Crippen LogP) is 4.92. The molecule has 0 bridgehead atoms. The Morgan fingerprint density at radius 3 is 1.79 bits per heavy atom. The second-order valence-corrected chi connectivity index (χ2v) is 6.46. The van der Waals surface area contributed by atoms with Gasteiger partial charge in [-0.3, -0.25) is 4.90 Å². The second-order valence-electron chi connectivity index (χ2n) is 6.46. The molecule has 138 valence electrons. The van der Waals surface area contributed by atoms with E-state index in [2.05, 4.69) is 0 Å². The topological polar surface area (TPSA) is 4.44 Å². The normalized spacial score (nSPS) is 14.0. The van der Waals surface area contributed by atoms with Gasteiger partial charge in [0.05, 0.1) is 13.1 Å². The van der Waals surface area contributed by atoms with Gasteiger partial charge in [0.15, 0.2) is 0 Å². The molecule has 1 aromatic rings. The van der Waals surface area contributed by atoms with Crippen LogP contribution >= 0.6 is 0 Å². The molecule has 0 aliphatic carbocycles. The van der Waals surface area contributed by atoms with Gasteiger partial charge in [-0.05, 0) is 19.3 Å². The van der Waals surface area contributed by atoms with Crippen molar-refractivity contribution in [1.29, 1.82) is 0 Å². The van der Waals surface area contributed by atoms with Crippen LogP contribution in [0.25, 0.3) is 0 Å². The maximum absolute atomic E-state index is 14.1. The lowest BCUT2D eigenvalue weighted by molar-refractivity contribution is -0.839. The van der Waals surface area contributed by atoms with E-state index in [1.165, 1.54) is 0 Å². The van der Waals surface area contributed by atoms with Crippen molar-refractivity contribution in [3.8, 4) is 0 Å². The van der Waals surface area contributed by atoms with E-state index < -0.39 is 34.8 Å². The van der Waals surface area contributed by atoms with Gasteiger partial charge in [0.1, 0.15) is 0 Å². The molecule has 2 unspecified atom stereocenters. The van der Waals surface area contributed by atoms with E-state index in [-0.39, 0.29) is 5.92 Å². The van der Waals surface area contributed by atoms with Gasteiger partial charge in [-0.1, -0.05) is 40.0 Å². The van der Waals surface area contributed by atoms with Gasteiger partial charge < -0.3 is 0 Å². The number of hydrogen-bond acceptors (Lipinski definition) is 0. The predicted molar refractivity (Wildman–Crippen MR) is 84.8 cm³/mol. The van der Waals surface area contributed by atoms with Gasteiger partial charge in [0, 0.05) is 5.92 Å². The molecule has 1 rings (SSSR count). The zero-order chi connectivity index (χ0) is 18.3. The van der Waals surface area contributed by atoms with Gasteiger partial charge in [0.25, 0.3) is 0 Å². The highest BCUT2D eigenvalue weighted by Gasteiger charge is 2.33. The zero-order valence-electron chi connectivity index (χ0n) is 14.6. The van der Waals surface area contributed by atoms with Crippen LogP contribution < -0.4 is 4.90 Å². The molecule has 0 amide bonds. The van der Waals surface area contributed by atoms with Crippen molar-refractivity contribution in [2.45, 2.75) is 59.3 Å². The Kier molecular flexibility index (Phi) is 8.67. The molecule has 2 atom stereocenters. The number of unbranched alkanes of at least 4 members (excludes halogenated alkanes) is 3. The number of hydrogen-bond donors (Lipinski definition) is 1. The summed E-state index contributed by atoms with van der Waals surface area (Å²) in [6, 6.07) is 0. The standard InChI is InChI=1S/C18H26F5N/c1-4-6-7-8-10-24(11-12(3)9-5-2)18-16(22)14(20)13(19)15(21)17(18)23/h12H,4-11H2,1-3H3/p+1. The van der Waals surface area contributed by atoms with Crippen LogP contribution in [0.15, 0.2) is 0 Å². The Bertz CT molecular complexity index is 504. The van der Waals surface area contributed by atoms with E-state index in [9.17, 15) is 22.0 Å². The van der Waals surface area contributed by atoms with Crippen LogP contribution in [0.5, 0.6) is 0 Å². The van der Waals surface area contributed by atoms with Gasteiger partial charge >= 0.3 is 0 Å². The van der Waals surface area contributed by atoms with Crippen molar-refractivity contribution in [2.24, 2.45) is 5.92 Å². The molecular formula is C18H27F5N+. The van der Waals surface area contributed by atoms with Crippen LogP contribution in [-0.2, 0) is 0 Å². The fourth-order valence-corrected chi connectivity index (χ4v) is 3.03. The largest absolute Gasteiger partial charge is 0.297 e.